The fourth-order valence-corrected chi connectivity index (χ4v) is 5.55. The monoisotopic (exact) mass is 473 g/mol. The summed E-state index contributed by atoms with van der Waals surface area (Å²) in [6.07, 6.45) is 9.22. The number of benzene rings is 1. The van der Waals surface area contributed by atoms with Crippen molar-refractivity contribution < 1.29 is 9.18 Å². The van der Waals surface area contributed by atoms with E-state index in [-0.39, 0.29) is 11.6 Å². The Labute approximate surface area is 202 Å². The zero-order valence-corrected chi connectivity index (χ0v) is 20.1. The lowest BCUT2D eigenvalue weighted by Crippen LogP contribution is -2.57. The molecule has 0 radical (unpaired) electrons. The topological polar surface area (TPSA) is 78.7 Å². The number of hydrogen-bond donors (Lipinski definition) is 1. The molecule has 3 aromatic heterocycles. The molecule has 8 nitrogen and oxygen atoms in total. The summed E-state index contributed by atoms with van der Waals surface area (Å²) in [5.74, 6) is -0.859. The molecule has 4 heterocycles. The first-order valence-corrected chi connectivity index (χ1v) is 12.1. The summed E-state index contributed by atoms with van der Waals surface area (Å²) in [5.41, 5.74) is 3.89. The highest BCUT2D eigenvalue weighted by atomic mass is 19.1. The Bertz CT molecular complexity index is 1430. The predicted molar refractivity (Wildman–Crippen MR) is 133 cm³/mol. The van der Waals surface area contributed by atoms with E-state index < -0.39 is 5.82 Å². The van der Waals surface area contributed by atoms with E-state index in [4.69, 9.17) is 0 Å². The number of nitrogens with one attached hydrogen (secondary N) is 1. The molecule has 0 spiro atoms. The minimum Gasteiger partial charge on any atom is -0.367 e. The average molecular weight is 474 g/mol. The maximum absolute atomic E-state index is 14.5. The summed E-state index contributed by atoms with van der Waals surface area (Å²) in [7, 11) is 0. The lowest BCUT2D eigenvalue weighted by Gasteiger charge is -2.45. The van der Waals surface area contributed by atoms with Gasteiger partial charge in [0.25, 0.3) is 5.91 Å². The van der Waals surface area contributed by atoms with Crippen LogP contribution in [0.4, 0.5) is 15.8 Å². The molecular weight excluding hydrogens is 445 g/mol. The van der Waals surface area contributed by atoms with E-state index in [1.165, 1.54) is 18.9 Å². The Hall–Kier alpha value is -3.59. The van der Waals surface area contributed by atoms with Crippen LogP contribution in [0.1, 0.15) is 42.7 Å². The first-order valence-electron chi connectivity index (χ1n) is 12.1. The van der Waals surface area contributed by atoms with Crippen molar-refractivity contribution in [2.24, 2.45) is 0 Å². The van der Waals surface area contributed by atoms with Crippen LogP contribution in [-0.4, -0.2) is 61.4 Å². The smallest absolute Gasteiger partial charge is 0.257 e. The van der Waals surface area contributed by atoms with E-state index in [2.05, 4.69) is 43.9 Å². The molecule has 1 aliphatic heterocycles. The Balaban J connectivity index is 1.31. The molecule has 1 amide bonds. The fourth-order valence-electron chi connectivity index (χ4n) is 5.55. The van der Waals surface area contributed by atoms with Gasteiger partial charge in [-0.2, -0.15) is 0 Å². The molecule has 1 aliphatic carbocycles. The third-order valence-electron chi connectivity index (χ3n) is 7.03. The van der Waals surface area contributed by atoms with Crippen molar-refractivity contribution >= 4 is 34.0 Å². The zero-order valence-electron chi connectivity index (χ0n) is 20.1. The molecule has 1 N–H and O–H groups in total. The van der Waals surface area contributed by atoms with Crippen molar-refractivity contribution in [3.63, 3.8) is 0 Å². The quantitative estimate of drug-likeness (QED) is 0.482. The number of aromatic nitrogens is 4. The number of nitrogens with zero attached hydrogens (tertiary/aromatic N) is 6. The van der Waals surface area contributed by atoms with Crippen LogP contribution in [0.25, 0.3) is 16.7 Å². The van der Waals surface area contributed by atoms with Crippen molar-refractivity contribution in [3.8, 4) is 0 Å². The number of imidazole rings is 1. The molecule has 2 atom stereocenters. The summed E-state index contributed by atoms with van der Waals surface area (Å²) >= 11 is 0. The summed E-state index contributed by atoms with van der Waals surface area (Å²) < 4.78 is 16.1. The van der Waals surface area contributed by atoms with Gasteiger partial charge in [-0.25, -0.2) is 9.37 Å². The SMILES string of the molecule is Cc1cn2cc(NC(=O)c3ccc(N4C[C@@H](C)N(C5CC5)[C@H](C)C4)c4nccnc34)cc(F)c2n1. The van der Waals surface area contributed by atoms with Crippen LogP contribution in [0.15, 0.2) is 43.0 Å². The fraction of sp³-hybridized carbons (Fsp3) is 0.385. The van der Waals surface area contributed by atoms with E-state index in [0.29, 0.717) is 40.1 Å². The molecule has 35 heavy (non-hydrogen) atoms. The molecule has 9 heteroatoms. The minimum absolute atomic E-state index is 0.228. The van der Waals surface area contributed by atoms with Gasteiger partial charge in [0.05, 0.1) is 22.6 Å². The number of hydrogen-bond acceptors (Lipinski definition) is 6. The van der Waals surface area contributed by atoms with Crippen molar-refractivity contribution in [1.82, 2.24) is 24.3 Å². The molecule has 4 aromatic rings. The molecular formula is C26H28FN7O. The standard InChI is InChI=1S/C26H28FN7O/c1-15-11-33-14-18(10-21(27)25(33)30-15)31-26(35)20-6-7-22(24-23(20)28-8-9-29-24)32-12-16(2)34(17(3)13-32)19-4-5-19/h6-11,14,16-17,19H,4-5,12-13H2,1-3H3,(H,31,35)/t16-,17-/m1/s1. The number of rotatable bonds is 4. The van der Waals surface area contributed by atoms with E-state index in [0.717, 1.165) is 24.8 Å². The molecule has 2 aliphatic rings. The van der Waals surface area contributed by atoms with E-state index in [1.807, 2.05) is 6.07 Å². The molecule has 1 saturated carbocycles. The highest BCUT2D eigenvalue weighted by molar-refractivity contribution is 6.13. The van der Waals surface area contributed by atoms with E-state index in [9.17, 15) is 9.18 Å². The highest BCUT2D eigenvalue weighted by Gasteiger charge is 2.39. The van der Waals surface area contributed by atoms with E-state index >= 15 is 0 Å². The lowest BCUT2D eigenvalue weighted by molar-refractivity contribution is 0.102. The molecule has 0 bridgehead atoms. The largest absolute Gasteiger partial charge is 0.367 e. The van der Waals surface area contributed by atoms with Crippen LogP contribution < -0.4 is 10.2 Å². The maximum Gasteiger partial charge on any atom is 0.257 e. The van der Waals surface area contributed by atoms with Gasteiger partial charge in [-0.3, -0.25) is 19.7 Å². The molecule has 2 fully saturated rings. The van der Waals surface area contributed by atoms with Crippen molar-refractivity contribution in [2.45, 2.75) is 51.7 Å². The van der Waals surface area contributed by atoms with Crippen LogP contribution >= 0.6 is 0 Å². The lowest BCUT2D eigenvalue weighted by atomic mass is 10.0. The summed E-state index contributed by atoms with van der Waals surface area (Å²) in [4.78, 5) is 31.5. The highest BCUT2D eigenvalue weighted by Crippen LogP contribution is 2.35. The number of halogens is 1. The third kappa shape index (κ3) is 3.89. The predicted octanol–water partition coefficient (Wildman–Crippen LogP) is 4.04. The summed E-state index contributed by atoms with van der Waals surface area (Å²) in [6.45, 7) is 8.18. The van der Waals surface area contributed by atoms with Gasteiger partial charge in [-0.15, -0.1) is 0 Å². The number of piperazine rings is 1. The van der Waals surface area contributed by atoms with Gasteiger partial charge in [-0.1, -0.05) is 0 Å². The molecule has 1 saturated heterocycles. The second-order valence-corrected chi connectivity index (χ2v) is 9.81. The molecule has 6 rings (SSSR count). The Morgan fingerprint density at radius 1 is 1.06 bits per heavy atom. The minimum atomic E-state index is -0.496. The number of aryl methyl sites for hydroxylation is 1. The normalized spacial score (nSPS) is 21.1. The Morgan fingerprint density at radius 2 is 1.77 bits per heavy atom. The Morgan fingerprint density at radius 3 is 2.49 bits per heavy atom. The third-order valence-corrected chi connectivity index (χ3v) is 7.03. The van der Waals surface area contributed by atoms with Gasteiger partial charge in [0.1, 0.15) is 11.0 Å². The second-order valence-electron chi connectivity index (χ2n) is 9.81. The first-order chi connectivity index (χ1) is 16.9. The van der Waals surface area contributed by atoms with Crippen LogP contribution in [0, 0.1) is 12.7 Å². The average Bonchev–Trinajstić information content (AvgIpc) is 3.58. The summed E-state index contributed by atoms with van der Waals surface area (Å²) in [5, 5.41) is 2.82. The van der Waals surface area contributed by atoms with Gasteiger partial charge in [0, 0.05) is 62.1 Å². The van der Waals surface area contributed by atoms with Gasteiger partial charge >= 0.3 is 0 Å². The van der Waals surface area contributed by atoms with Crippen molar-refractivity contribution in [2.75, 3.05) is 23.3 Å². The number of anilines is 2. The van der Waals surface area contributed by atoms with Gasteiger partial charge in [0.2, 0.25) is 0 Å². The van der Waals surface area contributed by atoms with Crippen molar-refractivity contribution in [1.29, 1.82) is 0 Å². The van der Waals surface area contributed by atoms with Crippen molar-refractivity contribution in [3.05, 3.63) is 60.1 Å². The van der Waals surface area contributed by atoms with Gasteiger partial charge in [-0.05, 0) is 45.7 Å². The second kappa shape index (κ2) is 8.27. The Kier molecular flexibility index (Phi) is 5.17. The molecule has 0 unspecified atom stereocenters. The van der Waals surface area contributed by atoms with Crippen LogP contribution in [-0.2, 0) is 0 Å². The maximum atomic E-state index is 14.5. The van der Waals surface area contributed by atoms with Crippen LogP contribution in [0.2, 0.25) is 0 Å². The summed E-state index contributed by atoms with van der Waals surface area (Å²) in [6, 6.07) is 6.64. The van der Waals surface area contributed by atoms with Gasteiger partial charge < -0.3 is 14.6 Å². The number of amides is 1. The zero-order chi connectivity index (χ0) is 24.3. The molecule has 1 aromatic carbocycles. The van der Waals surface area contributed by atoms with Crippen LogP contribution in [0.3, 0.4) is 0 Å². The van der Waals surface area contributed by atoms with E-state index in [1.54, 1.807) is 42.2 Å². The number of carbonyl (C=O) groups is 1. The molecule has 180 valence electrons. The van der Waals surface area contributed by atoms with Crippen LogP contribution in [0.5, 0.6) is 0 Å². The van der Waals surface area contributed by atoms with Gasteiger partial charge in [0.15, 0.2) is 11.5 Å². The number of pyridine rings is 1. The first kappa shape index (κ1) is 21.9. The number of carbonyl (C=O) groups excluding carboxylic acids is 1. The number of fused-ring (bicyclic) bond motifs is 2.